The standard InChI is InChI=1S/C16H18N2O3S2/c1-3-4-7-21-16(19)12-9-22-14(18-12)15-17-11-6-5-10(20-2)8-13(11)23-15/h5-6,8,12H,3-4,7,9H2,1-2H3. The van der Waals surface area contributed by atoms with Crippen LogP contribution in [0.4, 0.5) is 0 Å². The molecule has 0 fully saturated rings. The van der Waals surface area contributed by atoms with Gasteiger partial charge < -0.3 is 9.47 Å². The molecule has 0 radical (unpaired) electrons. The average molecular weight is 350 g/mol. The summed E-state index contributed by atoms with van der Waals surface area (Å²) in [4.78, 5) is 21.1. The van der Waals surface area contributed by atoms with E-state index in [0.717, 1.165) is 38.9 Å². The molecule has 1 aliphatic heterocycles. The van der Waals surface area contributed by atoms with Crippen LogP contribution in [0.25, 0.3) is 10.2 Å². The van der Waals surface area contributed by atoms with E-state index in [-0.39, 0.29) is 5.97 Å². The first kappa shape index (κ1) is 16.3. The minimum atomic E-state index is -0.409. The Morgan fingerprint density at radius 2 is 2.30 bits per heavy atom. The van der Waals surface area contributed by atoms with E-state index >= 15 is 0 Å². The van der Waals surface area contributed by atoms with Crippen molar-refractivity contribution in [2.75, 3.05) is 19.5 Å². The van der Waals surface area contributed by atoms with Crippen molar-refractivity contribution in [2.45, 2.75) is 25.8 Å². The lowest BCUT2D eigenvalue weighted by atomic mass is 10.3. The predicted octanol–water partition coefficient (Wildman–Crippen LogP) is 3.51. The lowest BCUT2D eigenvalue weighted by molar-refractivity contribution is -0.144. The Morgan fingerprint density at radius 1 is 1.43 bits per heavy atom. The van der Waals surface area contributed by atoms with Crippen molar-refractivity contribution in [1.82, 2.24) is 4.98 Å². The average Bonchev–Trinajstić information content (AvgIpc) is 3.20. The Morgan fingerprint density at radius 3 is 3.09 bits per heavy atom. The molecule has 0 aliphatic carbocycles. The summed E-state index contributed by atoms with van der Waals surface area (Å²) in [6, 6.07) is 5.38. The first-order valence-corrected chi connectivity index (χ1v) is 9.33. The van der Waals surface area contributed by atoms with Gasteiger partial charge in [0.25, 0.3) is 0 Å². The number of carbonyl (C=O) groups is 1. The smallest absolute Gasteiger partial charge is 0.331 e. The Bertz CT molecular complexity index is 742. The third kappa shape index (κ3) is 3.67. The molecule has 7 heteroatoms. The van der Waals surface area contributed by atoms with Crippen LogP contribution in [0.5, 0.6) is 5.75 Å². The highest BCUT2D eigenvalue weighted by atomic mass is 32.2. The second kappa shape index (κ2) is 7.31. The third-order valence-corrected chi connectivity index (χ3v) is 5.65. The zero-order valence-corrected chi connectivity index (χ0v) is 14.7. The summed E-state index contributed by atoms with van der Waals surface area (Å²) in [5, 5.41) is 1.67. The fourth-order valence-electron chi connectivity index (χ4n) is 2.15. The van der Waals surface area contributed by atoms with Crippen molar-refractivity contribution < 1.29 is 14.3 Å². The number of aliphatic imine (C=N–C) groups is 1. The van der Waals surface area contributed by atoms with Crippen LogP contribution in [0.1, 0.15) is 24.8 Å². The molecule has 0 spiro atoms. The second-order valence-corrected chi connectivity index (χ2v) is 7.17. The molecule has 1 aromatic carbocycles. The Kier molecular flexibility index (Phi) is 5.17. The van der Waals surface area contributed by atoms with Crippen LogP contribution in [0, 0.1) is 0 Å². The molecule has 1 aromatic heterocycles. The van der Waals surface area contributed by atoms with E-state index in [4.69, 9.17) is 9.47 Å². The summed E-state index contributed by atoms with van der Waals surface area (Å²) in [5.74, 6) is 1.20. The van der Waals surface area contributed by atoms with Crippen molar-refractivity contribution >= 4 is 44.3 Å². The highest BCUT2D eigenvalue weighted by Gasteiger charge is 2.28. The monoisotopic (exact) mass is 350 g/mol. The first-order chi connectivity index (χ1) is 11.2. The number of aromatic nitrogens is 1. The summed E-state index contributed by atoms with van der Waals surface area (Å²) in [6.07, 6.45) is 1.90. The Balaban J connectivity index is 1.74. The van der Waals surface area contributed by atoms with Gasteiger partial charge in [-0.25, -0.2) is 9.78 Å². The van der Waals surface area contributed by atoms with Gasteiger partial charge in [0.05, 0.1) is 23.9 Å². The van der Waals surface area contributed by atoms with Crippen LogP contribution in [0.15, 0.2) is 23.2 Å². The molecular weight excluding hydrogens is 332 g/mol. The number of rotatable bonds is 6. The van der Waals surface area contributed by atoms with Gasteiger partial charge in [-0.1, -0.05) is 13.3 Å². The van der Waals surface area contributed by atoms with Crippen molar-refractivity contribution in [2.24, 2.45) is 4.99 Å². The van der Waals surface area contributed by atoms with Crippen molar-refractivity contribution in [3.63, 3.8) is 0 Å². The summed E-state index contributed by atoms with van der Waals surface area (Å²) in [5.41, 5.74) is 0.920. The minimum absolute atomic E-state index is 0.233. The molecule has 2 heterocycles. The molecule has 0 bridgehead atoms. The second-order valence-electron chi connectivity index (χ2n) is 5.13. The maximum Gasteiger partial charge on any atom is 0.331 e. The van der Waals surface area contributed by atoms with Crippen molar-refractivity contribution in [3.8, 4) is 5.75 Å². The van der Waals surface area contributed by atoms with Crippen LogP contribution in [0.2, 0.25) is 0 Å². The molecule has 5 nitrogen and oxygen atoms in total. The number of fused-ring (bicyclic) bond motifs is 1. The number of methoxy groups -OCH3 is 1. The summed E-state index contributed by atoms with van der Waals surface area (Å²) >= 11 is 3.13. The number of ether oxygens (including phenoxy) is 2. The maximum absolute atomic E-state index is 12.0. The fourth-order valence-corrected chi connectivity index (χ4v) is 4.23. The Labute approximate surface area is 143 Å². The number of thiazole rings is 1. The normalized spacial score (nSPS) is 17.3. The molecule has 0 saturated carbocycles. The van der Waals surface area contributed by atoms with E-state index in [1.54, 1.807) is 30.2 Å². The van der Waals surface area contributed by atoms with Crippen LogP contribution in [-0.4, -0.2) is 41.5 Å². The molecule has 3 rings (SSSR count). The number of unbranched alkanes of at least 4 members (excludes halogenated alkanes) is 1. The largest absolute Gasteiger partial charge is 0.497 e. The van der Waals surface area contributed by atoms with E-state index < -0.39 is 6.04 Å². The van der Waals surface area contributed by atoms with Crippen LogP contribution in [0.3, 0.4) is 0 Å². The zero-order chi connectivity index (χ0) is 16.2. The van der Waals surface area contributed by atoms with E-state index in [2.05, 4.69) is 16.9 Å². The number of esters is 1. The predicted molar refractivity (Wildman–Crippen MR) is 94.8 cm³/mol. The van der Waals surface area contributed by atoms with Gasteiger partial charge in [0, 0.05) is 5.75 Å². The number of hydrogen-bond donors (Lipinski definition) is 0. The molecule has 1 atom stereocenters. The van der Waals surface area contributed by atoms with Gasteiger partial charge in [0.2, 0.25) is 0 Å². The summed E-state index contributed by atoms with van der Waals surface area (Å²) in [7, 11) is 1.65. The minimum Gasteiger partial charge on any atom is -0.497 e. The van der Waals surface area contributed by atoms with E-state index in [1.165, 1.54) is 0 Å². The number of carbonyl (C=O) groups excluding carboxylic acids is 1. The van der Waals surface area contributed by atoms with Gasteiger partial charge in [-0.3, -0.25) is 4.99 Å². The van der Waals surface area contributed by atoms with E-state index in [1.807, 2.05) is 18.2 Å². The zero-order valence-electron chi connectivity index (χ0n) is 13.1. The van der Waals surface area contributed by atoms with Crippen LogP contribution >= 0.6 is 23.1 Å². The SMILES string of the molecule is CCCCOC(=O)C1CSC(c2nc3ccc(OC)cc3s2)=N1. The highest BCUT2D eigenvalue weighted by Crippen LogP contribution is 2.31. The van der Waals surface area contributed by atoms with Crippen LogP contribution in [-0.2, 0) is 9.53 Å². The molecule has 1 aliphatic rings. The first-order valence-electron chi connectivity index (χ1n) is 7.53. The van der Waals surface area contributed by atoms with Gasteiger partial charge in [0.1, 0.15) is 15.8 Å². The lowest BCUT2D eigenvalue weighted by Crippen LogP contribution is -2.22. The third-order valence-electron chi connectivity index (χ3n) is 3.44. The molecule has 1 unspecified atom stereocenters. The van der Waals surface area contributed by atoms with E-state index in [9.17, 15) is 4.79 Å². The fraction of sp³-hybridized carbons (Fsp3) is 0.438. The maximum atomic E-state index is 12.0. The van der Waals surface area contributed by atoms with Gasteiger partial charge in [-0.05, 0) is 24.6 Å². The molecule has 2 aromatic rings. The van der Waals surface area contributed by atoms with Crippen molar-refractivity contribution in [3.05, 3.63) is 23.2 Å². The lowest BCUT2D eigenvalue weighted by Gasteiger charge is -2.06. The van der Waals surface area contributed by atoms with Crippen molar-refractivity contribution in [1.29, 1.82) is 0 Å². The number of nitrogens with zero attached hydrogens (tertiary/aromatic N) is 2. The molecule has 23 heavy (non-hydrogen) atoms. The number of benzene rings is 1. The van der Waals surface area contributed by atoms with E-state index in [0.29, 0.717) is 12.4 Å². The molecular formula is C16H18N2O3S2. The number of hydrogen-bond acceptors (Lipinski definition) is 7. The quantitative estimate of drug-likeness (QED) is 0.589. The molecule has 0 N–H and O–H groups in total. The summed E-state index contributed by atoms with van der Waals surface area (Å²) < 4.78 is 11.5. The molecule has 122 valence electrons. The molecule has 0 saturated heterocycles. The number of thioether (sulfide) groups is 1. The highest BCUT2D eigenvalue weighted by molar-refractivity contribution is 8.15. The van der Waals surface area contributed by atoms with Gasteiger partial charge in [-0.2, -0.15) is 0 Å². The summed E-state index contributed by atoms with van der Waals surface area (Å²) in [6.45, 7) is 2.54. The van der Waals surface area contributed by atoms with Crippen LogP contribution < -0.4 is 4.74 Å². The molecule has 0 amide bonds. The van der Waals surface area contributed by atoms with Gasteiger partial charge in [-0.15, -0.1) is 23.1 Å². The Hall–Kier alpha value is -1.60. The van der Waals surface area contributed by atoms with Gasteiger partial charge in [0.15, 0.2) is 6.04 Å². The topological polar surface area (TPSA) is 60.8 Å². The van der Waals surface area contributed by atoms with Gasteiger partial charge >= 0.3 is 5.97 Å².